The molecule has 80 valence electrons. The third-order valence-corrected chi connectivity index (χ3v) is 2.56. The summed E-state index contributed by atoms with van der Waals surface area (Å²) >= 11 is 0. The first-order valence-electron chi connectivity index (χ1n) is 5.05. The Morgan fingerprint density at radius 2 is 2.14 bits per heavy atom. The molecular formula is C10H17NO3. The zero-order chi connectivity index (χ0) is 10.6. The van der Waals surface area contributed by atoms with Crippen molar-refractivity contribution in [1.82, 2.24) is 4.90 Å². The van der Waals surface area contributed by atoms with Crippen LogP contribution in [-0.2, 0) is 9.59 Å². The third kappa shape index (κ3) is 2.80. The van der Waals surface area contributed by atoms with E-state index >= 15 is 0 Å². The number of aliphatic hydroxyl groups is 1. The van der Waals surface area contributed by atoms with Crippen molar-refractivity contribution in [2.24, 2.45) is 0 Å². The van der Waals surface area contributed by atoms with E-state index in [-0.39, 0.29) is 30.8 Å². The topological polar surface area (TPSA) is 57.6 Å². The highest BCUT2D eigenvalue weighted by atomic mass is 16.3. The first kappa shape index (κ1) is 11.2. The van der Waals surface area contributed by atoms with E-state index in [1.165, 1.54) is 6.92 Å². The number of rotatable bonds is 3. The molecular weight excluding hydrogens is 182 g/mol. The fraction of sp³-hybridized carbons (Fsp3) is 0.800. The number of likely N-dealkylation sites (tertiary alicyclic amines) is 1. The van der Waals surface area contributed by atoms with Gasteiger partial charge in [-0.05, 0) is 26.2 Å². The molecule has 1 amide bonds. The maximum absolute atomic E-state index is 11.6. The summed E-state index contributed by atoms with van der Waals surface area (Å²) in [5.41, 5.74) is 0. The monoisotopic (exact) mass is 199 g/mol. The fourth-order valence-electron chi connectivity index (χ4n) is 1.83. The molecule has 1 rings (SSSR count). The lowest BCUT2D eigenvalue weighted by Gasteiger charge is -2.34. The molecule has 0 spiro atoms. The SMILES string of the molecule is CC(=O)CC(=O)N1CCCC[C@@H]1CO. The minimum Gasteiger partial charge on any atom is -0.394 e. The quantitative estimate of drug-likeness (QED) is 0.667. The molecule has 0 saturated carbocycles. The number of amides is 1. The zero-order valence-electron chi connectivity index (χ0n) is 8.53. The van der Waals surface area contributed by atoms with Crippen LogP contribution in [0, 0.1) is 0 Å². The summed E-state index contributed by atoms with van der Waals surface area (Å²) in [7, 11) is 0. The van der Waals surface area contributed by atoms with Crippen molar-refractivity contribution in [3.05, 3.63) is 0 Å². The van der Waals surface area contributed by atoms with E-state index in [0.717, 1.165) is 19.3 Å². The van der Waals surface area contributed by atoms with Gasteiger partial charge in [0.2, 0.25) is 5.91 Å². The van der Waals surface area contributed by atoms with Crippen LogP contribution in [0.2, 0.25) is 0 Å². The van der Waals surface area contributed by atoms with Crippen molar-refractivity contribution >= 4 is 11.7 Å². The van der Waals surface area contributed by atoms with Crippen LogP contribution in [0.3, 0.4) is 0 Å². The molecule has 0 aromatic rings. The number of carbonyl (C=O) groups is 2. The lowest BCUT2D eigenvalue weighted by Crippen LogP contribution is -2.46. The number of piperidine rings is 1. The molecule has 0 radical (unpaired) electrons. The van der Waals surface area contributed by atoms with Gasteiger partial charge in [0.25, 0.3) is 0 Å². The molecule has 1 saturated heterocycles. The number of hydrogen-bond donors (Lipinski definition) is 1. The van der Waals surface area contributed by atoms with E-state index < -0.39 is 0 Å². The minimum absolute atomic E-state index is 0.00362. The molecule has 1 N–H and O–H groups in total. The van der Waals surface area contributed by atoms with Crippen molar-refractivity contribution in [2.45, 2.75) is 38.6 Å². The van der Waals surface area contributed by atoms with E-state index in [2.05, 4.69) is 0 Å². The van der Waals surface area contributed by atoms with Crippen LogP contribution in [0.4, 0.5) is 0 Å². The molecule has 0 aromatic carbocycles. The van der Waals surface area contributed by atoms with Gasteiger partial charge in [0, 0.05) is 6.54 Å². The van der Waals surface area contributed by atoms with Crippen LogP contribution in [-0.4, -0.2) is 40.9 Å². The molecule has 0 aromatic heterocycles. The van der Waals surface area contributed by atoms with Crippen molar-refractivity contribution in [3.8, 4) is 0 Å². The van der Waals surface area contributed by atoms with Crippen molar-refractivity contribution in [3.63, 3.8) is 0 Å². The Kier molecular flexibility index (Phi) is 4.07. The lowest BCUT2D eigenvalue weighted by atomic mass is 10.0. The highest BCUT2D eigenvalue weighted by molar-refractivity contribution is 5.96. The summed E-state index contributed by atoms with van der Waals surface area (Å²) in [5, 5.41) is 9.07. The Morgan fingerprint density at radius 1 is 1.43 bits per heavy atom. The summed E-state index contributed by atoms with van der Waals surface area (Å²) in [5.74, 6) is -0.256. The second-order valence-corrected chi connectivity index (χ2v) is 3.80. The highest BCUT2D eigenvalue weighted by Crippen LogP contribution is 2.17. The van der Waals surface area contributed by atoms with Crippen LogP contribution in [0.1, 0.15) is 32.6 Å². The van der Waals surface area contributed by atoms with Gasteiger partial charge < -0.3 is 10.0 Å². The van der Waals surface area contributed by atoms with Crippen LogP contribution >= 0.6 is 0 Å². The van der Waals surface area contributed by atoms with Gasteiger partial charge in [0.05, 0.1) is 19.1 Å². The normalized spacial score (nSPS) is 22.1. The van der Waals surface area contributed by atoms with Crippen molar-refractivity contribution < 1.29 is 14.7 Å². The van der Waals surface area contributed by atoms with Crippen LogP contribution in [0.25, 0.3) is 0 Å². The predicted octanol–water partition coefficient (Wildman–Crippen LogP) is 0.339. The second-order valence-electron chi connectivity index (χ2n) is 3.80. The van der Waals surface area contributed by atoms with Gasteiger partial charge in [-0.3, -0.25) is 9.59 Å². The standard InChI is InChI=1S/C10H17NO3/c1-8(13)6-10(14)11-5-3-2-4-9(11)7-12/h9,12H,2-7H2,1H3/t9-/m1/s1. The average Bonchev–Trinajstić information content (AvgIpc) is 2.16. The Morgan fingerprint density at radius 3 is 2.71 bits per heavy atom. The molecule has 14 heavy (non-hydrogen) atoms. The highest BCUT2D eigenvalue weighted by Gasteiger charge is 2.26. The van der Waals surface area contributed by atoms with Crippen molar-refractivity contribution in [2.75, 3.05) is 13.2 Å². The molecule has 1 fully saturated rings. The van der Waals surface area contributed by atoms with Gasteiger partial charge in [-0.25, -0.2) is 0 Å². The van der Waals surface area contributed by atoms with E-state index in [4.69, 9.17) is 5.11 Å². The van der Waals surface area contributed by atoms with E-state index in [0.29, 0.717) is 6.54 Å². The van der Waals surface area contributed by atoms with Gasteiger partial charge in [0.15, 0.2) is 0 Å². The number of aliphatic hydroxyl groups excluding tert-OH is 1. The number of hydrogen-bond acceptors (Lipinski definition) is 3. The number of Topliss-reactive ketones (excluding diaryl/α,β-unsaturated/α-hetero) is 1. The maximum Gasteiger partial charge on any atom is 0.230 e. The molecule has 0 aliphatic carbocycles. The van der Waals surface area contributed by atoms with Gasteiger partial charge in [-0.15, -0.1) is 0 Å². The van der Waals surface area contributed by atoms with Gasteiger partial charge >= 0.3 is 0 Å². The average molecular weight is 199 g/mol. The van der Waals surface area contributed by atoms with Crippen LogP contribution in [0.5, 0.6) is 0 Å². The Bertz CT molecular complexity index is 227. The Hall–Kier alpha value is -0.900. The third-order valence-electron chi connectivity index (χ3n) is 2.56. The van der Waals surface area contributed by atoms with Crippen LogP contribution in [0.15, 0.2) is 0 Å². The minimum atomic E-state index is -0.142. The fourth-order valence-corrected chi connectivity index (χ4v) is 1.83. The molecule has 4 heteroatoms. The molecule has 0 unspecified atom stereocenters. The van der Waals surface area contributed by atoms with E-state index in [1.807, 2.05) is 0 Å². The van der Waals surface area contributed by atoms with E-state index in [1.54, 1.807) is 4.90 Å². The maximum atomic E-state index is 11.6. The van der Waals surface area contributed by atoms with Gasteiger partial charge in [-0.1, -0.05) is 0 Å². The first-order valence-corrected chi connectivity index (χ1v) is 5.05. The molecule has 4 nitrogen and oxygen atoms in total. The Labute approximate surface area is 83.9 Å². The summed E-state index contributed by atoms with van der Waals surface area (Å²) in [4.78, 5) is 24.0. The number of nitrogens with zero attached hydrogens (tertiary/aromatic N) is 1. The number of carbonyl (C=O) groups excluding carboxylic acids is 2. The van der Waals surface area contributed by atoms with Gasteiger partial charge in [-0.2, -0.15) is 0 Å². The molecule has 1 aliphatic rings. The molecule has 1 aliphatic heterocycles. The summed E-state index contributed by atoms with van der Waals surface area (Å²) in [6, 6.07) is -0.0735. The first-order chi connectivity index (χ1) is 6.65. The summed E-state index contributed by atoms with van der Waals surface area (Å²) in [6.45, 7) is 2.09. The predicted molar refractivity (Wildman–Crippen MR) is 51.7 cm³/mol. The summed E-state index contributed by atoms with van der Waals surface area (Å²) in [6.07, 6.45) is 2.84. The molecule has 0 bridgehead atoms. The zero-order valence-corrected chi connectivity index (χ0v) is 8.53. The Balaban J connectivity index is 2.54. The van der Waals surface area contributed by atoms with E-state index in [9.17, 15) is 9.59 Å². The van der Waals surface area contributed by atoms with Gasteiger partial charge in [0.1, 0.15) is 5.78 Å². The smallest absolute Gasteiger partial charge is 0.230 e. The number of ketones is 1. The lowest BCUT2D eigenvalue weighted by molar-refractivity contribution is -0.138. The molecule has 1 heterocycles. The van der Waals surface area contributed by atoms with Crippen molar-refractivity contribution in [1.29, 1.82) is 0 Å². The van der Waals surface area contributed by atoms with Crippen LogP contribution < -0.4 is 0 Å². The largest absolute Gasteiger partial charge is 0.394 e. The second kappa shape index (κ2) is 5.10. The molecule has 1 atom stereocenters. The summed E-state index contributed by atoms with van der Waals surface area (Å²) < 4.78 is 0.